The van der Waals surface area contributed by atoms with Gasteiger partial charge in [0, 0.05) is 37.2 Å². The molecule has 0 bridgehead atoms. The maximum absolute atomic E-state index is 11.5. The Hall–Kier alpha value is -2.41. The summed E-state index contributed by atoms with van der Waals surface area (Å²) in [7, 11) is 0. The quantitative estimate of drug-likeness (QED) is 0.763. The largest absolute Gasteiger partial charge is 0.489 e. The third kappa shape index (κ3) is 3.11. The molecule has 1 aliphatic heterocycles. The maximum Gasteiger partial charge on any atom is 0.220 e. The minimum Gasteiger partial charge on any atom is -0.489 e. The Bertz CT molecular complexity index is 917. The van der Waals surface area contributed by atoms with E-state index in [1.807, 2.05) is 41.5 Å². The summed E-state index contributed by atoms with van der Waals surface area (Å²) >= 11 is 1.57. The summed E-state index contributed by atoms with van der Waals surface area (Å²) in [4.78, 5) is 15.9. The Morgan fingerprint density at radius 2 is 2.36 bits per heavy atom. The molecule has 0 aliphatic carbocycles. The molecule has 1 N–H and O–H groups in total. The van der Waals surface area contributed by atoms with Gasteiger partial charge in [0.1, 0.15) is 11.9 Å². The number of benzene rings is 1. The topological polar surface area (TPSA) is 69.0 Å². The fraction of sp³-hybridized carbons (Fsp3) is 0.389. The predicted octanol–water partition coefficient (Wildman–Crippen LogP) is 3.08. The highest BCUT2D eigenvalue weighted by Crippen LogP contribution is 2.35. The Balaban J connectivity index is 1.67. The molecule has 0 spiro atoms. The summed E-state index contributed by atoms with van der Waals surface area (Å²) in [6.45, 7) is 5.60. The van der Waals surface area contributed by atoms with Crippen LogP contribution in [0.3, 0.4) is 0 Å². The van der Waals surface area contributed by atoms with E-state index < -0.39 is 0 Å². The second-order valence-electron chi connectivity index (χ2n) is 6.32. The minimum atomic E-state index is -0.0484. The summed E-state index contributed by atoms with van der Waals surface area (Å²) in [6.07, 6.45) is 2.44. The van der Waals surface area contributed by atoms with Crippen LogP contribution in [0.15, 0.2) is 29.9 Å². The molecule has 1 saturated heterocycles. The molecular weight excluding hydrogens is 336 g/mol. The Kier molecular flexibility index (Phi) is 4.17. The number of nitrogens with zero attached hydrogens (tertiary/aromatic N) is 3. The predicted molar refractivity (Wildman–Crippen MR) is 97.7 cm³/mol. The van der Waals surface area contributed by atoms with Gasteiger partial charge >= 0.3 is 0 Å². The van der Waals surface area contributed by atoms with Gasteiger partial charge in [0.2, 0.25) is 5.91 Å². The van der Waals surface area contributed by atoms with Crippen LogP contribution in [-0.2, 0) is 11.3 Å². The van der Waals surface area contributed by atoms with Crippen molar-refractivity contribution in [3.8, 4) is 17.0 Å². The van der Waals surface area contributed by atoms with Crippen LogP contribution < -0.4 is 10.1 Å². The van der Waals surface area contributed by atoms with E-state index in [2.05, 4.69) is 22.3 Å². The lowest BCUT2D eigenvalue weighted by molar-refractivity contribution is -0.119. The summed E-state index contributed by atoms with van der Waals surface area (Å²) in [6, 6.07) is 6.08. The summed E-state index contributed by atoms with van der Waals surface area (Å²) < 4.78 is 9.19. The van der Waals surface area contributed by atoms with Gasteiger partial charge in [-0.2, -0.15) is 5.10 Å². The molecule has 3 heterocycles. The van der Waals surface area contributed by atoms with E-state index in [0.29, 0.717) is 13.0 Å². The SMILES string of the molecule is CCn1ccc(-c2cc(OC(C)[C@H]3CNC(=O)C3)c3scnc3c2)n1. The van der Waals surface area contributed by atoms with Crippen molar-refractivity contribution in [3.05, 3.63) is 29.9 Å². The molecule has 0 saturated carbocycles. The van der Waals surface area contributed by atoms with Crippen molar-refractivity contribution in [2.24, 2.45) is 5.92 Å². The molecule has 7 heteroatoms. The second kappa shape index (κ2) is 6.48. The molecule has 2 atom stereocenters. The lowest BCUT2D eigenvalue weighted by Gasteiger charge is -2.20. The van der Waals surface area contributed by atoms with Gasteiger partial charge in [-0.1, -0.05) is 0 Å². The first-order valence-electron chi connectivity index (χ1n) is 8.48. The normalized spacial score (nSPS) is 18.5. The Morgan fingerprint density at radius 3 is 3.08 bits per heavy atom. The van der Waals surface area contributed by atoms with Crippen molar-refractivity contribution in [1.82, 2.24) is 20.1 Å². The van der Waals surface area contributed by atoms with E-state index in [-0.39, 0.29) is 17.9 Å². The van der Waals surface area contributed by atoms with Crippen LogP contribution in [0.25, 0.3) is 21.5 Å². The van der Waals surface area contributed by atoms with E-state index in [9.17, 15) is 4.79 Å². The molecule has 1 fully saturated rings. The van der Waals surface area contributed by atoms with E-state index in [1.165, 1.54) is 0 Å². The molecule has 1 aliphatic rings. The molecule has 2 aromatic heterocycles. The van der Waals surface area contributed by atoms with E-state index >= 15 is 0 Å². The molecule has 4 rings (SSSR count). The van der Waals surface area contributed by atoms with E-state index in [1.54, 1.807) is 11.3 Å². The van der Waals surface area contributed by atoms with Crippen molar-refractivity contribution < 1.29 is 9.53 Å². The second-order valence-corrected chi connectivity index (χ2v) is 7.18. The average molecular weight is 356 g/mol. The highest BCUT2D eigenvalue weighted by atomic mass is 32.1. The standard InChI is InChI=1S/C18H20N4O2S/c1-3-22-5-4-14(21-22)12-6-15-18(25-10-20-15)16(7-12)24-11(2)13-8-17(23)19-9-13/h4-7,10-11,13H,3,8-9H2,1-2H3,(H,19,23)/t11?,13-/m1/s1. The monoisotopic (exact) mass is 356 g/mol. The van der Waals surface area contributed by atoms with E-state index in [0.717, 1.165) is 33.8 Å². The van der Waals surface area contributed by atoms with Gasteiger partial charge in [-0.05, 0) is 32.0 Å². The molecule has 6 nitrogen and oxygen atoms in total. The smallest absolute Gasteiger partial charge is 0.220 e. The fourth-order valence-corrected chi connectivity index (χ4v) is 3.85. The van der Waals surface area contributed by atoms with E-state index in [4.69, 9.17) is 4.74 Å². The van der Waals surface area contributed by atoms with Crippen molar-refractivity contribution >= 4 is 27.5 Å². The van der Waals surface area contributed by atoms with Crippen LogP contribution in [0.4, 0.5) is 0 Å². The number of aromatic nitrogens is 3. The fourth-order valence-electron chi connectivity index (χ4n) is 3.12. The molecule has 1 amide bonds. The number of carbonyl (C=O) groups is 1. The van der Waals surface area contributed by atoms with Crippen molar-refractivity contribution in [2.75, 3.05) is 6.54 Å². The number of hydrogen-bond donors (Lipinski definition) is 1. The van der Waals surface area contributed by atoms with Crippen molar-refractivity contribution in [1.29, 1.82) is 0 Å². The highest BCUT2D eigenvalue weighted by Gasteiger charge is 2.28. The van der Waals surface area contributed by atoms with Crippen molar-refractivity contribution in [3.63, 3.8) is 0 Å². The van der Waals surface area contributed by atoms with Gasteiger partial charge < -0.3 is 10.1 Å². The number of carbonyl (C=O) groups excluding carboxylic acids is 1. The summed E-state index contributed by atoms with van der Waals surface area (Å²) in [5.41, 5.74) is 4.65. The van der Waals surface area contributed by atoms with Crippen LogP contribution in [0, 0.1) is 5.92 Å². The van der Waals surface area contributed by atoms with Gasteiger partial charge in [0.05, 0.1) is 21.4 Å². The van der Waals surface area contributed by atoms with Gasteiger partial charge in [-0.25, -0.2) is 4.98 Å². The lowest BCUT2D eigenvalue weighted by atomic mass is 10.0. The first kappa shape index (κ1) is 16.1. The van der Waals surface area contributed by atoms with Crippen molar-refractivity contribution in [2.45, 2.75) is 32.9 Å². The third-order valence-corrected chi connectivity index (χ3v) is 5.50. The molecule has 130 valence electrons. The number of ether oxygens (including phenoxy) is 1. The number of amides is 1. The van der Waals surface area contributed by atoms with Crippen LogP contribution in [0.1, 0.15) is 20.3 Å². The first-order chi connectivity index (χ1) is 12.1. The van der Waals surface area contributed by atoms with Crippen LogP contribution in [-0.4, -0.2) is 33.3 Å². The molecular formula is C18H20N4O2S. The molecule has 1 aromatic carbocycles. The Morgan fingerprint density at radius 1 is 1.48 bits per heavy atom. The molecule has 25 heavy (non-hydrogen) atoms. The summed E-state index contributed by atoms with van der Waals surface area (Å²) in [5, 5.41) is 7.45. The summed E-state index contributed by atoms with van der Waals surface area (Å²) in [5.74, 6) is 1.11. The van der Waals surface area contributed by atoms with Gasteiger partial charge in [0.15, 0.2) is 0 Å². The zero-order valence-electron chi connectivity index (χ0n) is 14.2. The van der Waals surface area contributed by atoms with Crippen LogP contribution >= 0.6 is 11.3 Å². The minimum absolute atomic E-state index is 0.0484. The molecule has 3 aromatic rings. The maximum atomic E-state index is 11.5. The average Bonchev–Trinajstić information content (AvgIpc) is 3.34. The lowest BCUT2D eigenvalue weighted by Crippen LogP contribution is -2.25. The number of nitrogens with one attached hydrogen (secondary N) is 1. The van der Waals surface area contributed by atoms with Gasteiger partial charge in [-0.3, -0.25) is 9.48 Å². The third-order valence-electron chi connectivity index (χ3n) is 4.64. The number of fused-ring (bicyclic) bond motifs is 1. The number of hydrogen-bond acceptors (Lipinski definition) is 5. The number of rotatable bonds is 5. The van der Waals surface area contributed by atoms with Crippen LogP contribution in [0.5, 0.6) is 5.75 Å². The first-order valence-corrected chi connectivity index (χ1v) is 9.36. The molecule has 0 radical (unpaired) electrons. The van der Waals surface area contributed by atoms with Gasteiger partial charge in [0.25, 0.3) is 0 Å². The zero-order valence-corrected chi connectivity index (χ0v) is 15.0. The zero-order chi connectivity index (χ0) is 17.4. The van der Waals surface area contributed by atoms with Crippen LogP contribution in [0.2, 0.25) is 0 Å². The van der Waals surface area contributed by atoms with Gasteiger partial charge in [-0.15, -0.1) is 11.3 Å². The highest BCUT2D eigenvalue weighted by molar-refractivity contribution is 7.17. The number of aryl methyl sites for hydroxylation is 1. The molecule has 1 unspecified atom stereocenters. The number of thiazole rings is 1. The Labute approximate surface area is 149 Å².